The average molecular weight is 251 g/mol. The summed E-state index contributed by atoms with van der Waals surface area (Å²) in [6.07, 6.45) is 1.01. The molecular weight excluding hydrogens is 234 g/mol. The molecule has 0 saturated heterocycles. The Morgan fingerprint density at radius 1 is 1.29 bits per heavy atom. The van der Waals surface area contributed by atoms with Gasteiger partial charge in [-0.05, 0) is 30.1 Å². The fourth-order valence-corrected chi connectivity index (χ4v) is 1.94. The molecule has 1 aromatic rings. The van der Waals surface area contributed by atoms with Gasteiger partial charge in [0.1, 0.15) is 11.5 Å². The number of nitriles is 1. The van der Waals surface area contributed by atoms with Crippen molar-refractivity contribution in [2.75, 3.05) is 25.2 Å². The Morgan fingerprint density at radius 3 is 2.71 bits per heavy atom. The largest absolute Gasteiger partial charge is 0.497 e. The van der Waals surface area contributed by atoms with E-state index in [1.165, 1.54) is 0 Å². The number of nitrogens with zero attached hydrogens (tertiary/aromatic N) is 1. The summed E-state index contributed by atoms with van der Waals surface area (Å²) in [6, 6.07) is 7.31. The molecule has 0 aliphatic heterocycles. The molecule has 92 valence electrons. The van der Waals surface area contributed by atoms with Gasteiger partial charge in [0.15, 0.2) is 0 Å². The Kier molecular flexibility index (Phi) is 6.34. The van der Waals surface area contributed by atoms with Crippen LogP contribution in [-0.4, -0.2) is 25.2 Å². The fraction of sp³-hybridized carbons (Fsp3) is 0.462. The van der Waals surface area contributed by atoms with Gasteiger partial charge in [-0.25, -0.2) is 0 Å². The predicted molar refractivity (Wildman–Crippen MR) is 70.8 cm³/mol. The summed E-state index contributed by atoms with van der Waals surface area (Å²) in [6.45, 7) is 2.82. The lowest BCUT2D eigenvalue weighted by Crippen LogP contribution is -1.99. The number of thioether (sulfide) groups is 1. The van der Waals surface area contributed by atoms with E-state index in [9.17, 15) is 0 Å². The van der Waals surface area contributed by atoms with Gasteiger partial charge in [0.05, 0.1) is 25.3 Å². The van der Waals surface area contributed by atoms with E-state index in [0.717, 1.165) is 17.9 Å². The Balaban J connectivity index is 2.50. The molecule has 3 nitrogen and oxygen atoms in total. The van der Waals surface area contributed by atoms with Crippen molar-refractivity contribution in [3.05, 3.63) is 23.8 Å². The molecule has 0 N–H and O–H groups in total. The van der Waals surface area contributed by atoms with Crippen molar-refractivity contribution in [1.82, 2.24) is 0 Å². The van der Waals surface area contributed by atoms with Crippen LogP contribution in [0.4, 0.5) is 0 Å². The lowest BCUT2D eigenvalue weighted by Gasteiger charge is -2.08. The second-order valence-corrected chi connectivity index (χ2v) is 4.80. The van der Waals surface area contributed by atoms with Crippen molar-refractivity contribution in [2.24, 2.45) is 0 Å². The molecule has 0 bridgehead atoms. The Hall–Kier alpha value is -1.34. The molecule has 0 aliphatic rings. The molecule has 0 aliphatic carbocycles. The SMILES string of the molecule is CCSCCCOc1cc(C#N)cc(OC)c1. The molecule has 17 heavy (non-hydrogen) atoms. The van der Waals surface area contributed by atoms with Crippen LogP contribution in [0.15, 0.2) is 18.2 Å². The summed E-state index contributed by atoms with van der Waals surface area (Å²) in [7, 11) is 1.58. The zero-order valence-corrected chi connectivity index (χ0v) is 11.0. The summed E-state index contributed by atoms with van der Waals surface area (Å²) >= 11 is 1.90. The standard InChI is InChI=1S/C13H17NO2S/c1-3-17-6-4-5-16-13-8-11(10-14)7-12(9-13)15-2/h7-9H,3-6H2,1-2H3. The van der Waals surface area contributed by atoms with Crippen LogP contribution in [0.2, 0.25) is 0 Å². The highest BCUT2D eigenvalue weighted by Gasteiger charge is 2.01. The highest BCUT2D eigenvalue weighted by atomic mass is 32.2. The molecule has 0 unspecified atom stereocenters. The monoisotopic (exact) mass is 251 g/mol. The maximum absolute atomic E-state index is 8.86. The van der Waals surface area contributed by atoms with E-state index in [1.54, 1.807) is 25.3 Å². The van der Waals surface area contributed by atoms with Crippen LogP contribution < -0.4 is 9.47 Å². The second-order valence-electron chi connectivity index (χ2n) is 3.41. The Labute approximate surface area is 107 Å². The second kappa shape index (κ2) is 7.86. The first-order valence-electron chi connectivity index (χ1n) is 5.60. The summed E-state index contributed by atoms with van der Waals surface area (Å²) in [5.41, 5.74) is 0.558. The maximum Gasteiger partial charge on any atom is 0.124 e. The summed E-state index contributed by atoms with van der Waals surface area (Å²) in [5.74, 6) is 3.59. The molecule has 0 heterocycles. The molecule has 4 heteroatoms. The Bertz CT molecular complexity index is 387. The quantitative estimate of drug-likeness (QED) is 0.698. The number of methoxy groups -OCH3 is 1. The van der Waals surface area contributed by atoms with Gasteiger partial charge in [-0.2, -0.15) is 17.0 Å². The minimum atomic E-state index is 0.558. The van der Waals surface area contributed by atoms with E-state index in [-0.39, 0.29) is 0 Å². The summed E-state index contributed by atoms with van der Waals surface area (Å²) in [4.78, 5) is 0. The molecule has 0 radical (unpaired) electrons. The number of benzene rings is 1. The van der Waals surface area contributed by atoms with E-state index in [4.69, 9.17) is 14.7 Å². The van der Waals surface area contributed by atoms with Gasteiger partial charge >= 0.3 is 0 Å². The summed E-state index contributed by atoms with van der Waals surface area (Å²) < 4.78 is 10.7. The average Bonchev–Trinajstić information content (AvgIpc) is 2.38. The zero-order valence-electron chi connectivity index (χ0n) is 10.2. The molecule has 0 amide bonds. The molecule has 1 aromatic carbocycles. The first-order chi connectivity index (χ1) is 8.30. The van der Waals surface area contributed by atoms with Gasteiger partial charge in [0.25, 0.3) is 0 Å². The van der Waals surface area contributed by atoms with Gasteiger partial charge in [-0.15, -0.1) is 0 Å². The molecule has 0 saturated carbocycles. The Morgan fingerprint density at radius 2 is 2.06 bits per heavy atom. The normalized spacial score (nSPS) is 9.71. The topological polar surface area (TPSA) is 42.2 Å². The first-order valence-corrected chi connectivity index (χ1v) is 6.75. The van der Waals surface area contributed by atoms with Crippen LogP contribution in [0.25, 0.3) is 0 Å². The van der Waals surface area contributed by atoms with Crippen LogP contribution in [0.3, 0.4) is 0 Å². The van der Waals surface area contributed by atoms with Crippen molar-refractivity contribution >= 4 is 11.8 Å². The smallest absolute Gasteiger partial charge is 0.124 e. The van der Waals surface area contributed by atoms with E-state index in [0.29, 0.717) is 23.7 Å². The van der Waals surface area contributed by atoms with Crippen molar-refractivity contribution in [1.29, 1.82) is 5.26 Å². The highest BCUT2D eigenvalue weighted by Crippen LogP contribution is 2.22. The summed E-state index contributed by atoms with van der Waals surface area (Å²) in [5, 5.41) is 8.86. The third kappa shape index (κ3) is 5.01. The number of rotatable bonds is 7. The van der Waals surface area contributed by atoms with Crippen LogP contribution in [-0.2, 0) is 0 Å². The number of hydrogen-bond donors (Lipinski definition) is 0. The lowest BCUT2D eigenvalue weighted by atomic mass is 10.2. The molecule has 0 fully saturated rings. The maximum atomic E-state index is 8.86. The van der Waals surface area contributed by atoms with Crippen LogP contribution in [0.1, 0.15) is 18.9 Å². The lowest BCUT2D eigenvalue weighted by molar-refractivity contribution is 0.316. The van der Waals surface area contributed by atoms with Gasteiger partial charge in [0.2, 0.25) is 0 Å². The molecular formula is C13H17NO2S. The van der Waals surface area contributed by atoms with E-state index >= 15 is 0 Å². The highest BCUT2D eigenvalue weighted by molar-refractivity contribution is 7.99. The fourth-order valence-electron chi connectivity index (χ4n) is 1.33. The van der Waals surface area contributed by atoms with Crippen LogP contribution >= 0.6 is 11.8 Å². The van der Waals surface area contributed by atoms with Crippen LogP contribution in [0.5, 0.6) is 11.5 Å². The van der Waals surface area contributed by atoms with Gasteiger partial charge < -0.3 is 9.47 Å². The number of ether oxygens (including phenoxy) is 2. The molecule has 0 atom stereocenters. The van der Waals surface area contributed by atoms with Crippen molar-refractivity contribution in [3.8, 4) is 17.6 Å². The zero-order chi connectivity index (χ0) is 12.5. The first kappa shape index (κ1) is 13.7. The predicted octanol–water partition coefficient (Wildman–Crippen LogP) is 3.09. The van der Waals surface area contributed by atoms with Gasteiger partial charge in [0, 0.05) is 6.07 Å². The van der Waals surface area contributed by atoms with Gasteiger partial charge in [-0.3, -0.25) is 0 Å². The van der Waals surface area contributed by atoms with E-state index in [2.05, 4.69) is 13.0 Å². The van der Waals surface area contributed by atoms with Crippen molar-refractivity contribution < 1.29 is 9.47 Å². The van der Waals surface area contributed by atoms with Gasteiger partial charge in [-0.1, -0.05) is 6.92 Å². The van der Waals surface area contributed by atoms with Crippen molar-refractivity contribution in [2.45, 2.75) is 13.3 Å². The number of hydrogen-bond acceptors (Lipinski definition) is 4. The van der Waals surface area contributed by atoms with E-state index in [1.807, 2.05) is 11.8 Å². The third-order valence-corrected chi connectivity index (χ3v) is 3.14. The molecule has 0 spiro atoms. The minimum Gasteiger partial charge on any atom is -0.497 e. The molecule has 0 aromatic heterocycles. The molecule has 1 rings (SSSR count). The van der Waals surface area contributed by atoms with E-state index < -0.39 is 0 Å². The minimum absolute atomic E-state index is 0.558. The van der Waals surface area contributed by atoms with Crippen molar-refractivity contribution in [3.63, 3.8) is 0 Å². The third-order valence-electron chi connectivity index (χ3n) is 2.15. The van der Waals surface area contributed by atoms with Crippen LogP contribution in [0, 0.1) is 11.3 Å².